The van der Waals surface area contributed by atoms with Gasteiger partial charge in [0.15, 0.2) is 6.04 Å². The third-order valence-corrected chi connectivity index (χ3v) is 1.32. The van der Waals surface area contributed by atoms with E-state index in [1.165, 1.54) is 6.07 Å². The third kappa shape index (κ3) is 1.44. The second kappa shape index (κ2) is 3.07. The molecule has 0 amide bonds. The standard InChI is InChI=1S/C7H6N2O3/c8-2-4-1-5(12-3-4)6(9)7(10)11/h1,3,6H,9H2,(H,10,11). The van der Waals surface area contributed by atoms with Gasteiger partial charge in [-0.25, -0.2) is 0 Å². The van der Waals surface area contributed by atoms with Crippen LogP contribution in [0.25, 0.3) is 0 Å². The van der Waals surface area contributed by atoms with Crippen molar-refractivity contribution in [2.24, 2.45) is 5.73 Å². The van der Waals surface area contributed by atoms with Crippen LogP contribution in [0.15, 0.2) is 16.7 Å². The third-order valence-electron chi connectivity index (χ3n) is 1.32. The molecule has 1 unspecified atom stereocenters. The maximum absolute atomic E-state index is 10.3. The van der Waals surface area contributed by atoms with Gasteiger partial charge in [-0.2, -0.15) is 5.26 Å². The molecule has 1 rings (SSSR count). The van der Waals surface area contributed by atoms with Crippen molar-refractivity contribution in [2.75, 3.05) is 0 Å². The van der Waals surface area contributed by atoms with E-state index in [0.717, 1.165) is 6.26 Å². The smallest absolute Gasteiger partial charge is 0.328 e. The van der Waals surface area contributed by atoms with Crippen LogP contribution < -0.4 is 5.73 Å². The van der Waals surface area contributed by atoms with E-state index in [9.17, 15) is 4.79 Å². The molecule has 3 N–H and O–H groups in total. The number of furan rings is 1. The molecular formula is C7H6N2O3. The van der Waals surface area contributed by atoms with Gasteiger partial charge in [0, 0.05) is 0 Å². The van der Waals surface area contributed by atoms with Gasteiger partial charge in [0.05, 0.1) is 5.56 Å². The summed E-state index contributed by atoms with van der Waals surface area (Å²) in [6.45, 7) is 0. The molecule has 12 heavy (non-hydrogen) atoms. The molecule has 1 atom stereocenters. The average molecular weight is 166 g/mol. The van der Waals surface area contributed by atoms with E-state index in [1.54, 1.807) is 6.07 Å². The van der Waals surface area contributed by atoms with Crippen molar-refractivity contribution in [3.63, 3.8) is 0 Å². The maximum atomic E-state index is 10.3. The highest BCUT2D eigenvalue weighted by Gasteiger charge is 2.17. The molecule has 0 aliphatic rings. The number of rotatable bonds is 2. The fraction of sp³-hybridized carbons (Fsp3) is 0.143. The number of carbonyl (C=O) groups is 1. The first-order valence-electron chi connectivity index (χ1n) is 3.12. The Morgan fingerprint density at radius 3 is 2.92 bits per heavy atom. The fourth-order valence-electron chi connectivity index (χ4n) is 0.696. The molecule has 1 aromatic heterocycles. The molecule has 0 spiro atoms. The zero-order valence-electron chi connectivity index (χ0n) is 6.02. The van der Waals surface area contributed by atoms with E-state index in [4.69, 9.17) is 20.5 Å². The first-order valence-corrected chi connectivity index (χ1v) is 3.12. The van der Waals surface area contributed by atoms with Gasteiger partial charge >= 0.3 is 5.97 Å². The Morgan fingerprint density at radius 2 is 2.50 bits per heavy atom. The summed E-state index contributed by atoms with van der Waals surface area (Å²) in [6.07, 6.45) is 1.16. The van der Waals surface area contributed by atoms with Gasteiger partial charge in [-0.1, -0.05) is 0 Å². The normalized spacial score (nSPS) is 12.0. The lowest BCUT2D eigenvalue weighted by atomic mass is 10.2. The van der Waals surface area contributed by atoms with E-state index >= 15 is 0 Å². The molecule has 0 saturated heterocycles. The number of aliphatic carboxylic acids is 1. The fourth-order valence-corrected chi connectivity index (χ4v) is 0.696. The second-order valence-corrected chi connectivity index (χ2v) is 2.17. The summed E-state index contributed by atoms with van der Waals surface area (Å²) in [4.78, 5) is 10.3. The number of nitrogens with zero attached hydrogens (tertiary/aromatic N) is 1. The van der Waals surface area contributed by atoms with Crippen LogP contribution in [-0.4, -0.2) is 11.1 Å². The molecule has 62 valence electrons. The summed E-state index contributed by atoms with van der Waals surface area (Å²) >= 11 is 0. The molecule has 5 nitrogen and oxygen atoms in total. The van der Waals surface area contributed by atoms with E-state index < -0.39 is 12.0 Å². The predicted molar refractivity (Wildman–Crippen MR) is 38.0 cm³/mol. The van der Waals surface area contributed by atoms with Crippen LogP contribution in [0.5, 0.6) is 0 Å². The summed E-state index contributed by atoms with van der Waals surface area (Å²) in [7, 11) is 0. The van der Waals surface area contributed by atoms with Crippen molar-refractivity contribution in [1.82, 2.24) is 0 Å². The minimum absolute atomic E-state index is 0.0825. The minimum atomic E-state index is -1.20. The topological polar surface area (TPSA) is 100 Å². The molecule has 1 heterocycles. The number of nitriles is 1. The number of carboxylic acid groups (broad SMARTS) is 1. The van der Waals surface area contributed by atoms with E-state index in [0.29, 0.717) is 0 Å². The van der Waals surface area contributed by atoms with Crippen LogP contribution in [0.2, 0.25) is 0 Å². The number of nitrogens with two attached hydrogens (primary N) is 1. The van der Waals surface area contributed by atoms with Crippen molar-refractivity contribution in [3.8, 4) is 6.07 Å². The van der Waals surface area contributed by atoms with Crippen LogP contribution in [-0.2, 0) is 4.79 Å². The Labute approximate surface area is 68.0 Å². The van der Waals surface area contributed by atoms with E-state index in [1.807, 2.05) is 0 Å². The minimum Gasteiger partial charge on any atom is -0.480 e. The Bertz CT molecular complexity index is 337. The van der Waals surface area contributed by atoms with Gasteiger partial charge in [-0.15, -0.1) is 0 Å². The van der Waals surface area contributed by atoms with E-state index in [-0.39, 0.29) is 11.3 Å². The largest absolute Gasteiger partial charge is 0.480 e. The van der Waals surface area contributed by atoms with Gasteiger partial charge in [-0.3, -0.25) is 4.79 Å². The summed E-state index contributed by atoms with van der Waals surface area (Å²) in [5.41, 5.74) is 5.47. The summed E-state index contributed by atoms with van der Waals surface area (Å²) in [5, 5.41) is 16.8. The molecule has 5 heteroatoms. The second-order valence-electron chi connectivity index (χ2n) is 2.17. The summed E-state index contributed by atoms with van der Waals surface area (Å²) < 4.78 is 4.75. The van der Waals surface area contributed by atoms with Gasteiger partial charge in [0.25, 0.3) is 0 Å². The lowest BCUT2D eigenvalue weighted by molar-refractivity contribution is -0.139. The van der Waals surface area contributed by atoms with Crippen LogP contribution in [0.4, 0.5) is 0 Å². The Morgan fingerprint density at radius 1 is 1.83 bits per heavy atom. The lowest BCUT2D eigenvalue weighted by Gasteiger charge is -1.99. The van der Waals surface area contributed by atoms with Gasteiger partial charge in [0.1, 0.15) is 18.1 Å². The predicted octanol–water partition coefficient (Wildman–Crippen LogP) is 0.236. The molecule has 0 aliphatic carbocycles. The summed E-state index contributed by atoms with van der Waals surface area (Å²) in [5.74, 6) is -1.10. The van der Waals surface area contributed by atoms with Crippen molar-refractivity contribution in [3.05, 3.63) is 23.7 Å². The first-order chi connectivity index (χ1) is 5.65. The Balaban J connectivity index is 2.90. The molecule has 0 saturated carbocycles. The monoisotopic (exact) mass is 166 g/mol. The van der Waals surface area contributed by atoms with Gasteiger partial charge in [0.2, 0.25) is 0 Å². The number of carboxylic acids is 1. The van der Waals surface area contributed by atoms with Crippen LogP contribution in [0.3, 0.4) is 0 Å². The molecule has 0 radical (unpaired) electrons. The van der Waals surface area contributed by atoms with Crippen molar-refractivity contribution in [2.45, 2.75) is 6.04 Å². The van der Waals surface area contributed by atoms with Crippen molar-refractivity contribution >= 4 is 5.97 Å². The first kappa shape index (κ1) is 8.30. The molecule has 0 aliphatic heterocycles. The highest BCUT2D eigenvalue weighted by atomic mass is 16.4. The van der Waals surface area contributed by atoms with E-state index in [2.05, 4.69) is 0 Å². The van der Waals surface area contributed by atoms with Gasteiger partial charge in [-0.05, 0) is 6.07 Å². The highest BCUT2D eigenvalue weighted by Crippen LogP contribution is 2.13. The molecule has 0 aromatic carbocycles. The zero-order valence-corrected chi connectivity index (χ0v) is 6.02. The Kier molecular flexibility index (Phi) is 2.12. The van der Waals surface area contributed by atoms with Crippen LogP contribution in [0.1, 0.15) is 17.4 Å². The Hall–Kier alpha value is -1.80. The van der Waals surface area contributed by atoms with Crippen molar-refractivity contribution in [1.29, 1.82) is 5.26 Å². The highest BCUT2D eigenvalue weighted by molar-refractivity contribution is 5.74. The van der Waals surface area contributed by atoms with Gasteiger partial charge < -0.3 is 15.3 Å². The zero-order chi connectivity index (χ0) is 9.14. The number of hydrogen-bond acceptors (Lipinski definition) is 4. The van der Waals surface area contributed by atoms with Crippen LogP contribution >= 0.6 is 0 Å². The maximum Gasteiger partial charge on any atom is 0.328 e. The molecule has 0 bridgehead atoms. The average Bonchev–Trinajstić information content (AvgIpc) is 2.50. The molecule has 0 fully saturated rings. The molecule has 1 aromatic rings. The number of hydrogen-bond donors (Lipinski definition) is 2. The van der Waals surface area contributed by atoms with Crippen molar-refractivity contribution < 1.29 is 14.3 Å². The lowest BCUT2D eigenvalue weighted by Crippen LogP contribution is -2.19. The van der Waals surface area contributed by atoms with Crippen LogP contribution in [0, 0.1) is 11.3 Å². The SMILES string of the molecule is N#Cc1coc(C(N)C(=O)O)c1. The molecular weight excluding hydrogens is 160 g/mol. The summed E-state index contributed by atoms with van der Waals surface area (Å²) in [6, 6.07) is 1.90. The quantitative estimate of drug-likeness (QED) is 0.655.